The lowest BCUT2D eigenvalue weighted by Crippen LogP contribution is -2.35. The molecule has 1 amide bonds. The molecule has 2 aliphatic rings. The second kappa shape index (κ2) is 10.8. The summed E-state index contributed by atoms with van der Waals surface area (Å²) in [6, 6.07) is 13.8. The Hall–Kier alpha value is -2.29. The molecule has 0 bridgehead atoms. The highest BCUT2D eigenvalue weighted by atomic mass is 32.2. The molecule has 0 radical (unpaired) electrons. The van der Waals surface area contributed by atoms with Crippen molar-refractivity contribution >= 4 is 15.9 Å². The van der Waals surface area contributed by atoms with Crippen LogP contribution in [0.4, 0.5) is 4.39 Å². The van der Waals surface area contributed by atoms with E-state index in [9.17, 15) is 17.6 Å². The average molecular weight is 474 g/mol. The third-order valence-electron chi connectivity index (χ3n) is 6.55. The van der Waals surface area contributed by atoms with Crippen molar-refractivity contribution in [2.24, 2.45) is 0 Å². The van der Waals surface area contributed by atoms with Crippen LogP contribution in [0.25, 0.3) is 0 Å². The average Bonchev–Trinajstić information content (AvgIpc) is 3.27. The smallest absolute Gasteiger partial charge is 0.243 e. The molecular formula is C25H32FN3O3S. The Kier molecular flexibility index (Phi) is 7.78. The summed E-state index contributed by atoms with van der Waals surface area (Å²) < 4.78 is 40.8. The van der Waals surface area contributed by atoms with Crippen LogP contribution in [0.1, 0.15) is 36.8 Å². The Morgan fingerprint density at radius 2 is 1.58 bits per heavy atom. The molecule has 0 saturated carbocycles. The van der Waals surface area contributed by atoms with Gasteiger partial charge < -0.3 is 4.90 Å². The summed E-state index contributed by atoms with van der Waals surface area (Å²) in [7, 11) is -3.41. The minimum Gasteiger partial charge on any atom is -0.341 e. The number of nitrogens with zero attached hydrogens (tertiary/aromatic N) is 3. The van der Waals surface area contributed by atoms with E-state index in [0.717, 1.165) is 37.9 Å². The quantitative estimate of drug-likeness (QED) is 0.619. The van der Waals surface area contributed by atoms with Crippen LogP contribution in [0.5, 0.6) is 0 Å². The molecule has 2 heterocycles. The molecular weight excluding hydrogens is 441 g/mol. The van der Waals surface area contributed by atoms with Crippen LogP contribution in [0, 0.1) is 5.82 Å². The molecule has 0 aliphatic carbocycles. The predicted octanol–water partition coefficient (Wildman–Crippen LogP) is 3.28. The monoisotopic (exact) mass is 473 g/mol. The van der Waals surface area contributed by atoms with Gasteiger partial charge >= 0.3 is 0 Å². The maximum absolute atomic E-state index is 14.0. The Morgan fingerprint density at radius 1 is 0.848 bits per heavy atom. The second-order valence-corrected chi connectivity index (χ2v) is 10.8. The third-order valence-corrected chi connectivity index (χ3v) is 8.46. The van der Waals surface area contributed by atoms with E-state index in [0.29, 0.717) is 56.0 Å². The van der Waals surface area contributed by atoms with Gasteiger partial charge in [0.1, 0.15) is 5.82 Å². The van der Waals surface area contributed by atoms with Crippen molar-refractivity contribution in [3.63, 3.8) is 0 Å². The number of rotatable bonds is 7. The molecule has 2 fully saturated rings. The predicted molar refractivity (Wildman–Crippen MR) is 126 cm³/mol. The van der Waals surface area contributed by atoms with Gasteiger partial charge in [0.15, 0.2) is 0 Å². The molecule has 2 aromatic carbocycles. The van der Waals surface area contributed by atoms with Gasteiger partial charge in [-0.25, -0.2) is 12.8 Å². The lowest BCUT2D eigenvalue weighted by atomic mass is 10.1. The number of carbonyl (C=O) groups is 1. The van der Waals surface area contributed by atoms with Gasteiger partial charge in [-0.3, -0.25) is 9.69 Å². The van der Waals surface area contributed by atoms with E-state index in [1.165, 1.54) is 6.07 Å². The molecule has 0 unspecified atom stereocenters. The maximum Gasteiger partial charge on any atom is 0.243 e. The van der Waals surface area contributed by atoms with Crippen LogP contribution in [0.3, 0.4) is 0 Å². The molecule has 2 aliphatic heterocycles. The molecule has 0 N–H and O–H groups in total. The zero-order valence-electron chi connectivity index (χ0n) is 19.0. The number of aryl methyl sites for hydroxylation is 1. The van der Waals surface area contributed by atoms with Crippen molar-refractivity contribution in [2.45, 2.75) is 43.5 Å². The number of sulfonamides is 1. The fourth-order valence-corrected chi connectivity index (χ4v) is 6.08. The minimum atomic E-state index is -3.41. The van der Waals surface area contributed by atoms with E-state index >= 15 is 0 Å². The summed E-state index contributed by atoms with van der Waals surface area (Å²) in [6.45, 7) is 4.65. The van der Waals surface area contributed by atoms with Gasteiger partial charge in [0.25, 0.3) is 0 Å². The summed E-state index contributed by atoms with van der Waals surface area (Å²) in [4.78, 5) is 17.2. The SMILES string of the molecule is O=C(CCc1ccc(S(=O)(=O)N2CCCC2)cc1)N1CCCN(Cc2ccccc2F)CC1. The van der Waals surface area contributed by atoms with Crippen LogP contribution >= 0.6 is 0 Å². The zero-order valence-corrected chi connectivity index (χ0v) is 19.8. The molecule has 178 valence electrons. The normalized spacial score (nSPS) is 18.4. The molecule has 2 saturated heterocycles. The van der Waals surface area contributed by atoms with E-state index < -0.39 is 10.0 Å². The van der Waals surface area contributed by atoms with E-state index in [2.05, 4.69) is 4.90 Å². The molecule has 0 aromatic heterocycles. The first-order chi connectivity index (χ1) is 15.9. The minimum absolute atomic E-state index is 0.108. The first kappa shape index (κ1) is 23.9. The first-order valence-corrected chi connectivity index (χ1v) is 13.2. The van der Waals surface area contributed by atoms with E-state index in [1.54, 1.807) is 22.5 Å². The number of amides is 1. The van der Waals surface area contributed by atoms with E-state index in [-0.39, 0.29) is 11.7 Å². The Bertz CT molecular complexity index is 1050. The van der Waals surface area contributed by atoms with Crippen LogP contribution in [-0.4, -0.2) is 67.7 Å². The summed E-state index contributed by atoms with van der Waals surface area (Å²) in [5, 5.41) is 0. The fourth-order valence-electron chi connectivity index (χ4n) is 4.56. The standard InChI is InChI=1S/C25H32FN3O3S/c26-24-7-2-1-6-22(24)20-27-14-5-15-28(19-18-27)25(30)13-10-21-8-11-23(12-9-21)33(31,32)29-16-3-4-17-29/h1-2,6-9,11-12H,3-5,10,13-20H2. The van der Waals surface area contributed by atoms with Crippen LogP contribution in [-0.2, 0) is 27.8 Å². The third kappa shape index (κ3) is 5.99. The number of hydrogen-bond donors (Lipinski definition) is 0. The molecule has 33 heavy (non-hydrogen) atoms. The lowest BCUT2D eigenvalue weighted by molar-refractivity contribution is -0.131. The lowest BCUT2D eigenvalue weighted by Gasteiger charge is -2.22. The van der Waals surface area contributed by atoms with Gasteiger partial charge in [0.05, 0.1) is 4.90 Å². The van der Waals surface area contributed by atoms with Crippen LogP contribution in [0.15, 0.2) is 53.4 Å². The molecule has 4 rings (SSSR count). The number of benzene rings is 2. The summed E-state index contributed by atoms with van der Waals surface area (Å²) in [5.74, 6) is -0.0783. The Labute approximate surface area is 196 Å². The fraction of sp³-hybridized carbons (Fsp3) is 0.480. The van der Waals surface area contributed by atoms with E-state index in [4.69, 9.17) is 0 Å². The summed E-state index contributed by atoms with van der Waals surface area (Å²) >= 11 is 0. The molecule has 0 spiro atoms. The Balaban J connectivity index is 1.27. The zero-order chi connectivity index (χ0) is 23.3. The number of hydrogen-bond acceptors (Lipinski definition) is 4. The van der Waals surface area contributed by atoms with Crippen LogP contribution < -0.4 is 0 Å². The topological polar surface area (TPSA) is 60.9 Å². The van der Waals surface area contributed by atoms with Crippen molar-refractivity contribution < 1.29 is 17.6 Å². The molecule has 0 atom stereocenters. The van der Waals surface area contributed by atoms with Crippen molar-refractivity contribution in [1.29, 1.82) is 0 Å². The number of halogens is 1. The van der Waals surface area contributed by atoms with Crippen LogP contribution in [0.2, 0.25) is 0 Å². The van der Waals surface area contributed by atoms with Gasteiger partial charge in [0, 0.05) is 57.8 Å². The van der Waals surface area contributed by atoms with Gasteiger partial charge in [-0.1, -0.05) is 30.3 Å². The van der Waals surface area contributed by atoms with Crippen molar-refractivity contribution in [3.05, 3.63) is 65.5 Å². The molecule has 6 nitrogen and oxygen atoms in total. The van der Waals surface area contributed by atoms with Crippen molar-refractivity contribution in [2.75, 3.05) is 39.3 Å². The van der Waals surface area contributed by atoms with Gasteiger partial charge in [-0.05, 0) is 49.4 Å². The van der Waals surface area contributed by atoms with Gasteiger partial charge in [-0.15, -0.1) is 0 Å². The number of carbonyl (C=O) groups excluding carboxylic acids is 1. The maximum atomic E-state index is 14.0. The van der Waals surface area contributed by atoms with Gasteiger partial charge in [0.2, 0.25) is 15.9 Å². The van der Waals surface area contributed by atoms with Gasteiger partial charge in [-0.2, -0.15) is 4.31 Å². The van der Waals surface area contributed by atoms with E-state index in [1.807, 2.05) is 29.2 Å². The second-order valence-electron chi connectivity index (χ2n) is 8.86. The largest absolute Gasteiger partial charge is 0.341 e. The van der Waals surface area contributed by atoms with Crippen molar-refractivity contribution in [1.82, 2.24) is 14.1 Å². The highest BCUT2D eigenvalue weighted by molar-refractivity contribution is 7.89. The summed E-state index contributed by atoms with van der Waals surface area (Å²) in [5.41, 5.74) is 1.65. The van der Waals surface area contributed by atoms with Crippen molar-refractivity contribution in [3.8, 4) is 0 Å². The molecule has 2 aromatic rings. The Morgan fingerprint density at radius 3 is 2.30 bits per heavy atom. The highest BCUT2D eigenvalue weighted by Gasteiger charge is 2.27. The molecule has 8 heteroatoms. The highest BCUT2D eigenvalue weighted by Crippen LogP contribution is 2.21. The summed E-state index contributed by atoms with van der Waals surface area (Å²) in [6.07, 6.45) is 3.67. The first-order valence-electron chi connectivity index (χ1n) is 11.8.